The van der Waals surface area contributed by atoms with Gasteiger partial charge in [-0.1, -0.05) is 0 Å². The van der Waals surface area contributed by atoms with Crippen molar-refractivity contribution in [3.05, 3.63) is 11.9 Å². The number of aryl methyl sites for hydroxylation is 1. The second kappa shape index (κ2) is 4.41. The first-order chi connectivity index (χ1) is 8.74. The molecule has 0 saturated carbocycles. The summed E-state index contributed by atoms with van der Waals surface area (Å²) in [6.07, 6.45) is 1.76. The molecular weight excluding hydrogens is 230 g/mol. The second-order valence-electron chi connectivity index (χ2n) is 4.69. The maximum atomic E-state index is 4.54. The van der Waals surface area contributed by atoms with E-state index in [1.807, 2.05) is 6.92 Å². The third-order valence-electron chi connectivity index (χ3n) is 3.21. The molecule has 2 aromatic heterocycles. The summed E-state index contributed by atoms with van der Waals surface area (Å²) < 4.78 is 0. The largest absolute Gasteiger partial charge is 0.337 e. The first-order valence-corrected chi connectivity index (χ1v) is 6.15. The Bertz CT molecular complexity index is 529. The van der Waals surface area contributed by atoms with Crippen LogP contribution in [0.1, 0.15) is 12.6 Å². The molecule has 7 nitrogen and oxygen atoms in total. The van der Waals surface area contributed by atoms with Gasteiger partial charge in [0.05, 0.1) is 11.8 Å². The smallest absolute Gasteiger partial charge is 0.245 e. The van der Waals surface area contributed by atoms with Gasteiger partial charge in [-0.05, 0) is 13.8 Å². The third kappa shape index (κ3) is 1.97. The van der Waals surface area contributed by atoms with Gasteiger partial charge in [-0.15, -0.1) is 5.10 Å². The number of aromatic nitrogens is 5. The summed E-state index contributed by atoms with van der Waals surface area (Å²) in [4.78, 5) is 6.73. The van der Waals surface area contributed by atoms with Gasteiger partial charge in [0, 0.05) is 31.4 Å². The topological polar surface area (TPSA) is 85.5 Å². The van der Waals surface area contributed by atoms with Crippen LogP contribution in [0, 0.1) is 6.92 Å². The van der Waals surface area contributed by atoms with Crippen LogP contribution in [0.3, 0.4) is 0 Å². The zero-order valence-electron chi connectivity index (χ0n) is 10.6. The van der Waals surface area contributed by atoms with E-state index >= 15 is 0 Å². The molecular formula is C11H17N7. The van der Waals surface area contributed by atoms with Crippen molar-refractivity contribution in [3.63, 3.8) is 0 Å². The van der Waals surface area contributed by atoms with Crippen LogP contribution >= 0.6 is 0 Å². The van der Waals surface area contributed by atoms with Crippen LogP contribution in [0.5, 0.6) is 0 Å². The van der Waals surface area contributed by atoms with Gasteiger partial charge in [-0.2, -0.15) is 10.1 Å². The molecule has 0 spiro atoms. The van der Waals surface area contributed by atoms with Crippen molar-refractivity contribution in [1.82, 2.24) is 30.7 Å². The lowest BCUT2D eigenvalue weighted by Gasteiger charge is -2.30. The van der Waals surface area contributed by atoms with E-state index in [2.05, 4.69) is 42.5 Å². The maximum Gasteiger partial charge on any atom is 0.245 e. The van der Waals surface area contributed by atoms with Crippen LogP contribution in [0.4, 0.5) is 5.95 Å². The Balaban J connectivity index is 1.83. The van der Waals surface area contributed by atoms with Gasteiger partial charge in [0.1, 0.15) is 0 Å². The van der Waals surface area contributed by atoms with E-state index < -0.39 is 0 Å². The Kier molecular flexibility index (Phi) is 2.75. The van der Waals surface area contributed by atoms with Crippen molar-refractivity contribution in [3.8, 4) is 11.4 Å². The molecule has 3 heterocycles. The van der Waals surface area contributed by atoms with E-state index in [4.69, 9.17) is 0 Å². The highest BCUT2D eigenvalue weighted by atomic mass is 15.4. The molecule has 3 rings (SSSR count). The lowest BCUT2D eigenvalue weighted by Crippen LogP contribution is -2.49. The monoisotopic (exact) mass is 247 g/mol. The molecule has 3 N–H and O–H groups in total. The maximum absolute atomic E-state index is 4.54. The summed E-state index contributed by atoms with van der Waals surface area (Å²) >= 11 is 0. The Morgan fingerprint density at radius 3 is 3.00 bits per heavy atom. The molecule has 1 fully saturated rings. The lowest BCUT2D eigenvalue weighted by atomic mass is 10.2. The normalized spacial score (nSPS) is 20.3. The van der Waals surface area contributed by atoms with Crippen LogP contribution in [0.2, 0.25) is 0 Å². The summed E-state index contributed by atoms with van der Waals surface area (Å²) in [5, 5.41) is 17.6. The van der Waals surface area contributed by atoms with Crippen LogP contribution in [0.25, 0.3) is 11.4 Å². The number of rotatable bonds is 2. The fourth-order valence-electron chi connectivity index (χ4n) is 2.22. The third-order valence-corrected chi connectivity index (χ3v) is 3.21. The minimum Gasteiger partial charge on any atom is -0.337 e. The minimum absolute atomic E-state index is 0.469. The molecule has 1 saturated heterocycles. The zero-order chi connectivity index (χ0) is 12.5. The van der Waals surface area contributed by atoms with E-state index in [0.717, 1.165) is 42.7 Å². The number of H-pyrrole nitrogens is 2. The van der Waals surface area contributed by atoms with Crippen LogP contribution in [-0.4, -0.2) is 51.1 Å². The van der Waals surface area contributed by atoms with Gasteiger partial charge in [0.2, 0.25) is 5.95 Å². The van der Waals surface area contributed by atoms with Crippen molar-refractivity contribution in [2.75, 3.05) is 24.5 Å². The van der Waals surface area contributed by atoms with Gasteiger partial charge in [0.25, 0.3) is 0 Å². The summed E-state index contributed by atoms with van der Waals surface area (Å²) in [5.41, 5.74) is 1.96. The van der Waals surface area contributed by atoms with Gasteiger partial charge in [-0.3, -0.25) is 10.2 Å². The predicted octanol–water partition coefficient (Wildman–Crippen LogP) is 0.301. The number of hydrogen-bond acceptors (Lipinski definition) is 5. The van der Waals surface area contributed by atoms with Crippen molar-refractivity contribution < 1.29 is 0 Å². The molecule has 7 heteroatoms. The Morgan fingerprint density at radius 1 is 1.39 bits per heavy atom. The molecule has 1 atom stereocenters. The average Bonchev–Trinajstić information content (AvgIpc) is 2.97. The molecule has 96 valence electrons. The molecule has 0 unspecified atom stereocenters. The minimum atomic E-state index is 0.469. The van der Waals surface area contributed by atoms with Crippen molar-refractivity contribution in [2.24, 2.45) is 0 Å². The van der Waals surface area contributed by atoms with Crippen LogP contribution in [0.15, 0.2) is 6.20 Å². The molecule has 1 aliphatic heterocycles. The van der Waals surface area contributed by atoms with E-state index in [1.165, 1.54) is 0 Å². The summed E-state index contributed by atoms with van der Waals surface area (Å²) in [5.74, 6) is 1.53. The SMILES string of the molecule is Cc1[nH]ncc1-c1nc(N2CCN[C@H](C)C2)n[nH]1. The molecule has 0 radical (unpaired) electrons. The Morgan fingerprint density at radius 2 is 2.28 bits per heavy atom. The Hall–Kier alpha value is -1.89. The highest BCUT2D eigenvalue weighted by Crippen LogP contribution is 2.19. The number of nitrogens with one attached hydrogen (secondary N) is 3. The fourth-order valence-corrected chi connectivity index (χ4v) is 2.22. The van der Waals surface area contributed by atoms with Gasteiger partial charge in [0.15, 0.2) is 5.82 Å². The van der Waals surface area contributed by atoms with E-state index in [0.29, 0.717) is 6.04 Å². The van der Waals surface area contributed by atoms with E-state index in [1.54, 1.807) is 6.20 Å². The first-order valence-electron chi connectivity index (χ1n) is 6.15. The predicted molar refractivity (Wildman–Crippen MR) is 68.4 cm³/mol. The van der Waals surface area contributed by atoms with E-state index in [-0.39, 0.29) is 0 Å². The number of nitrogens with zero attached hydrogens (tertiary/aromatic N) is 4. The van der Waals surface area contributed by atoms with Crippen LogP contribution in [-0.2, 0) is 0 Å². The average molecular weight is 247 g/mol. The summed E-state index contributed by atoms with van der Waals surface area (Å²) in [6, 6.07) is 0.469. The number of piperazine rings is 1. The quantitative estimate of drug-likeness (QED) is 0.710. The summed E-state index contributed by atoms with van der Waals surface area (Å²) in [6.45, 7) is 6.97. The molecule has 2 aromatic rings. The lowest BCUT2D eigenvalue weighted by molar-refractivity contribution is 0.480. The number of hydrogen-bond donors (Lipinski definition) is 3. The zero-order valence-corrected chi connectivity index (χ0v) is 10.6. The van der Waals surface area contributed by atoms with Crippen molar-refractivity contribution in [1.29, 1.82) is 0 Å². The van der Waals surface area contributed by atoms with Crippen molar-refractivity contribution in [2.45, 2.75) is 19.9 Å². The van der Waals surface area contributed by atoms with Gasteiger partial charge < -0.3 is 10.2 Å². The fraction of sp³-hybridized carbons (Fsp3) is 0.545. The second-order valence-corrected chi connectivity index (χ2v) is 4.69. The highest BCUT2D eigenvalue weighted by Gasteiger charge is 2.20. The molecule has 0 aromatic carbocycles. The van der Waals surface area contributed by atoms with Crippen molar-refractivity contribution >= 4 is 5.95 Å². The number of aromatic amines is 2. The van der Waals surface area contributed by atoms with E-state index in [9.17, 15) is 0 Å². The first kappa shape index (κ1) is 11.2. The van der Waals surface area contributed by atoms with Crippen LogP contribution < -0.4 is 10.2 Å². The molecule has 0 amide bonds. The highest BCUT2D eigenvalue weighted by molar-refractivity contribution is 5.57. The number of anilines is 1. The summed E-state index contributed by atoms with van der Waals surface area (Å²) in [7, 11) is 0. The molecule has 0 aliphatic carbocycles. The van der Waals surface area contributed by atoms with Gasteiger partial charge >= 0.3 is 0 Å². The standard InChI is InChI=1S/C11H17N7/c1-7-6-18(4-3-12-7)11-14-10(16-17-11)9-5-13-15-8(9)2/h5,7,12H,3-4,6H2,1-2H3,(H,13,15)(H,14,16,17)/t7-/m1/s1. The van der Waals surface area contributed by atoms with Gasteiger partial charge in [-0.25, -0.2) is 0 Å². The molecule has 0 bridgehead atoms. The Labute approximate surface area is 105 Å². The molecule has 18 heavy (non-hydrogen) atoms. The molecule has 1 aliphatic rings.